The summed E-state index contributed by atoms with van der Waals surface area (Å²) in [5.41, 5.74) is 3.98. The van der Waals surface area contributed by atoms with E-state index >= 15 is 0 Å². The average molecular weight is 413 g/mol. The lowest BCUT2D eigenvalue weighted by molar-refractivity contribution is 0.0767. The number of rotatable bonds is 4. The van der Waals surface area contributed by atoms with Crippen LogP contribution in [0.2, 0.25) is 0 Å². The molecular weight excluding hydrogens is 388 g/mol. The molecule has 3 aromatic rings. The summed E-state index contributed by atoms with van der Waals surface area (Å²) in [6.45, 7) is 4.01. The molecule has 2 atom stereocenters. The molecule has 1 aliphatic rings. The van der Waals surface area contributed by atoms with Crippen molar-refractivity contribution in [1.82, 2.24) is 19.1 Å². The second kappa shape index (κ2) is 7.37. The first-order valence-corrected chi connectivity index (χ1v) is 10.9. The lowest BCUT2D eigenvalue weighted by Crippen LogP contribution is -2.48. The van der Waals surface area contributed by atoms with Gasteiger partial charge in [-0.1, -0.05) is 24.3 Å². The predicted octanol–water partition coefficient (Wildman–Crippen LogP) is 2.28. The van der Waals surface area contributed by atoms with E-state index < -0.39 is 22.2 Å². The molecule has 1 N–H and O–H groups in total. The highest BCUT2D eigenvalue weighted by Gasteiger charge is 2.44. The van der Waals surface area contributed by atoms with Crippen LogP contribution >= 0.6 is 0 Å². The number of aliphatic hydroxyl groups excluding tert-OH is 1. The minimum absolute atomic E-state index is 0.143. The van der Waals surface area contributed by atoms with Gasteiger partial charge in [0.25, 0.3) is 0 Å². The highest BCUT2D eigenvalue weighted by atomic mass is 32.2. The van der Waals surface area contributed by atoms with E-state index in [-0.39, 0.29) is 11.4 Å². The molecular formula is C21H24N4O3S. The van der Waals surface area contributed by atoms with Crippen LogP contribution in [0, 0.1) is 13.8 Å². The fraction of sp³-hybridized carbons (Fsp3) is 0.333. The first-order valence-electron chi connectivity index (χ1n) is 9.47. The number of fused-ring (bicyclic) bond motifs is 1. The van der Waals surface area contributed by atoms with Crippen LogP contribution in [0.4, 0.5) is 0 Å². The van der Waals surface area contributed by atoms with Gasteiger partial charge in [-0.3, -0.25) is 9.67 Å². The number of aryl methyl sites for hydroxylation is 2. The molecule has 1 aliphatic heterocycles. The molecule has 0 spiro atoms. The minimum Gasteiger partial charge on any atom is -0.387 e. The van der Waals surface area contributed by atoms with Crippen molar-refractivity contribution < 1.29 is 13.5 Å². The number of hydrogen-bond acceptors (Lipinski definition) is 5. The van der Waals surface area contributed by atoms with E-state index in [0.29, 0.717) is 12.0 Å². The molecule has 8 heteroatoms. The number of benzene rings is 1. The van der Waals surface area contributed by atoms with Crippen LogP contribution in [0.3, 0.4) is 0 Å². The Labute approximate surface area is 170 Å². The van der Waals surface area contributed by atoms with Gasteiger partial charge < -0.3 is 5.11 Å². The van der Waals surface area contributed by atoms with Crippen molar-refractivity contribution in [2.24, 2.45) is 7.05 Å². The number of hydrogen-bond donors (Lipinski definition) is 1. The summed E-state index contributed by atoms with van der Waals surface area (Å²) in [7, 11) is -1.92. The molecule has 0 radical (unpaired) electrons. The number of nitrogens with zero attached hydrogens (tertiary/aromatic N) is 4. The standard InChI is InChI=1S/C21H24N4O3S/c1-14-18(15(2)24(3)23-14)11-19-21(26)17-8-4-5-9-20(17)29(27,28)25(19)13-16-7-6-10-22-12-16/h4-10,12,19,21,26H,11,13H2,1-3H3/t19-,21+/m0/s1. The van der Waals surface area contributed by atoms with E-state index in [4.69, 9.17) is 0 Å². The van der Waals surface area contributed by atoms with Gasteiger partial charge in [0.2, 0.25) is 10.0 Å². The molecule has 0 unspecified atom stereocenters. The summed E-state index contributed by atoms with van der Waals surface area (Å²) in [5, 5.41) is 15.7. The van der Waals surface area contributed by atoms with Crippen molar-refractivity contribution in [3.05, 3.63) is 76.9 Å². The third-order valence-electron chi connectivity index (χ3n) is 5.69. The van der Waals surface area contributed by atoms with Crippen molar-refractivity contribution in [2.75, 3.05) is 0 Å². The number of pyridine rings is 1. The summed E-state index contributed by atoms with van der Waals surface area (Å²) in [5.74, 6) is 0. The Morgan fingerprint density at radius 2 is 1.90 bits per heavy atom. The Morgan fingerprint density at radius 1 is 1.14 bits per heavy atom. The van der Waals surface area contributed by atoms with Crippen molar-refractivity contribution in [2.45, 2.75) is 43.9 Å². The van der Waals surface area contributed by atoms with Crippen LogP contribution < -0.4 is 0 Å². The first-order chi connectivity index (χ1) is 13.8. The Morgan fingerprint density at radius 3 is 2.55 bits per heavy atom. The minimum atomic E-state index is -3.78. The summed E-state index contributed by atoms with van der Waals surface area (Å²) >= 11 is 0. The predicted molar refractivity (Wildman–Crippen MR) is 109 cm³/mol. The molecule has 2 aromatic heterocycles. The topological polar surface area (TPSA) is 88.3 Å². The molecule has 1 aromatic carbocycles. The largest absolute Gasteiger partial charge is 0.387 e. The second-order valence-electron chi connectivity index (χ2n) is 7.44. The molecule has 0 saturated carbocycles. The van der Waals surface area contributed by atoms with Crippen LogP contribution in [-0.2, 0) is 30.0 Å². The molecule has 0 bridgehead atoms. The van der Waals surface area contributed by atoms with Crippen molar-refractivity contribution in [3.63, 3.8) is 0 Å². The quantitative estimate of drug-likeness (QED) is 0.710. The van der Waals surface area contributed by atoms with Gasteiger partial charge in [0.1, 0.15) is 0 Å². The number of aliphatic hydroxyl groups is 1. The molecule has 0 aliphatic carbocycles. The third kappa shape index (κ3) is 3.37. The van der Waals surface area contributed by atoms with Gasteiger partial charge in [0.15, 0.2) is 0 Å². The third-order valence-corrected chi connectivity index (χ3v) is 7.64. The Hall–Kier alpha value is -2.55. The maximum Gasteiger partial charge on any atom is 0.244 e. The fourth-order valence-electron chi connectivity index (χ4n) is 4.04. The van der Waals surface area contributed by atoms with Crippen molar-refractivity contribution >= 4 is 10.0 Å². The van der Waals surface area contributed by atoms with Gasteiger partial charge in [-0.05, 0) is 43.5 Å². The highest BCUT2D eigenvalue weighted by Crippen LogP contribution is 2.39. The zero-order chi connectivity index (χ0) is 20.8. The lowest BCUT2D eigenvalue weighted by Gasteiger charge is -2.39. The van der Waals surface area contributed by atoms with E-state index in [1.54, 1.807) is 47.4 Å². The SMILES string of the molecule is Cc1nn(C)c(C)c1C[C@H]1[C@H](O)c2ccccc2S(=O)(=O)N1Cc1cccnc1. The summed E-state index contributed by atoms with van der Waals surface area (Å²) in [6, 6.07) is 9.66. The van der Waals surface area contributed by atoms with Crippen molar-refractivity contribution in [1.29, 1.82) is 0 Å². The van der Waals surface area contributed by atoms with Crippen LogP contribution in [0.25, 0.3) is 0 Å². The van der Waals surface area contributed by atoms with Gasteiger partial charge in [-0.2, -0.15) is 9.40 Å². The monoisotopic (exact) mass is 412 g/mol. The Bertz CT molecular complexity index is 1140. The first kappa shape index (κ1) is 19.8. The zero-order valence-electron chi connectivity index (χ0n) is 16.6. The molecule has 7 nitrogen and oxygen atoms in total. The van der Waals surface area contributed by atoms with Crippen LogP contribution in [-0.4, -0.2) is 38.6 Å². The van der Waals surface area contributed by atoms with Gasteiger partial charge in [0.05, 0.1) is 22.7 Å². The van der Waals surface area contributed by atoms with E-state index in [9.17, 15) is 13.5 Å². The molecule has 152 valence electrons. The van der Waals surface area contributed by atoms with Gasteiger partial charge >= 0.3 is 0 Å². The molecule has 0 fully saturated rings. The maximum atomic E-state index is 13.5. The smallest absolute Gasteiger partial charge is 0.244 e. The normalized spacial score (nSPS) is 21.1. The van der Waals surface area contributed by atoms with Gasteiger partial charge in [-0.25, -0.2) is 8.42 Å². The Kier molecular flexibility index (Phi) is 5.02. The second-order valence-corrected chi connectivity index (χ2v) is 9.30. The van der Waals surface area contributed by atoms with E-state index in [1.165, 1.54) is 4.31 Å². The summed E-state index contributed by atoms with van der Waals surface area (Å²) < 4.78 is 30.2. The fourth-order valence-corrected chi connectivity index (χ4v) is 5.89. The molecule has 0 amide bonds. The molecule has 29 heavy (non-hydrogen) atoms. The van der Waals surface area contributed by atoms with Crippen molar-refractivity contribution in [3.8, 4) is 0 Å². The van der Waals surface area contributed by atoms with E-state index in [2.05, 4.69) is 10.1 Å². The van der Waals surface area contributed by atoms with Crippen LogP contribution in [0.15, 0.2) is 53.7 Å². The van der Waals surface area contributed by atoms with E-state index in [0.717, 1.165) is 22.5 Å². The van der Waals surface area contributed by atoms with Crippen LogP contribution in [0.5, 0.6) is 0 Å². The Balaban J connectivity index is 1.83. The van der Waals surface area contributed by atoms with Crippen LogP contribution in [0.1, 0.15) is 34.2 Å². The lowest BCUT2D eigenvalue weighted by atomic mass is 9.94. The summed E-state index contributed by atoms with van der Waals surface area (Å²) in [6.07, 6.45) is 2.74. The van der Waals surface area contributed by atoms with Gasteiger partial charge in [0, 0.05) is 37.2 Å². The molecule has 4 rings (SSSR count). The zero-order valence-corrected chi connectivity index (χ0v) is 17.5. The molecule has 3 heterocycles. The van der Waals surface area contributed by atoms with Gasteiger partial charge in [-0.15, -0.1) is 0 Å². The number of aromatic nitrogens is 3. The number of sulfonamides is 1. The highest BCUT2D eigenvalue weighted by molar-refractivity contribution is 7.89. The van der Waals surface area contributed by atoms with E-state index in [1.807, 2.05) is 27.0 Å². The maximum absolute atomic E-state index is 13.5. The molecule has 0 saturated heterocycles. The summed E-state index contributed by atoms with van der Waals surface area (Å²) in [4.78, 5) is 4.26. The average Bonchev–Trinajstić information content (AvgIpc) is 2.95.